The average molecular weight is 341 g/mol. The van der Waals surface area contributed by atoms with Gasteiger partial charge in [0.1, 0.15) is 11.3 Å². The fourth-order valence-corrected chi connectivity index (χ4v) is 2.94. The highest BCUT2D eigenvalue weighted by Gasteiger charge is 2.20. The summed E-state index contributed by atoms with van der Waals surface area (Å²) in [5.41, 5.74) is 2.00. The minimum atomic E-state index is 0.197. The van der Waals surface area contributed by atoms with Crippen LogP contribution in [-0.2, 0) is 12.8 Å². The quantitative estimate of drug-likeness (QED) is 0.570. The number of aryl methyl sites for hydroxylation is 2. The van der Waals surface area contributed by atoms with Crippen LogP contribution in [0.1, 0.15) is 38.4 Å². The van der Waals surface area contributed by atoms with Crippen molar-refractivity contribution in [3.8, 4) is 0 Å². The van der Waals surface area contributed by atoms with Crippen LogP contribution in [0, 0.1) is 5.41 Å². The third-order valence-electron chi connectivity index (χ3n) is 4.30. The second kappa shape index (κ2) is 7.34. The molecule has 0 N–H and O–H groups in total. The van der Waals surface area contributed by atoms with Crippen molar-refractivity contribution < 1.29 is 4.42 Å². The smallest absolute Gasteiger partial charge is 0.195 e. The molecular weight excluding hydrogens is 318 g/mol. The van der Waals surface area contributed by atoms with Gasteiger partial charge in [0.25, 0.3) is 0 Å². The normalized spacial score (nSPS) is 12.0. The molecule has 1 aromatic carbocycles. The van der Waals surface area contributed by atoms with Gasteiger partial charge in [-0.3, -0.25) is 0 Å². The van der Waals surface area contributed by atoms with E-state index in [1.165, 1.54) is 0 Å². The van der Waals surface area contributed by atoms with E-state index in [2.05, 4.69) is 28.8 Å². The molecule has 0 amide bonds. The molecule has 24 heavy (non-hydrogen) atoms. The number of hydrogen-bond donors (Lipinski definition) is 0. The second-order valence-corrected chi connectivity index (χ2v) is 7.66. The molecule has 0 fully saturated rings. The van der Waals surface area contributed by atoms with Crippen LogP contribution < -0.4 is 0 Å². The topological polar surface area (TPSA) is 51.8 Å². The molecule has 0 aliphatic rings. The van der Waals surface area contributed by atoms with Gasteiger partial charge in [-0.2, -0.15) is 0 Å². The van der Waals surface area contributed by atoms with E-state index in [9.17, 15) is 0 Å². The van der Waals surface area contributed by atoms with Crippen LogP contribution in [-0.4, -0.2) is 21.2 Å². The molecule has 0 atom stereocenters. The Balaban J connectivity index is 1.54. The molecule has 4 nitrogen and oxygen atoms in total. The summed E-state index contributed by atoms with van der Waals surface area (Å²) in [5.74, 6) is 1.74. The first-order valence-electron chi connectivity index (χ1n) is 8.25. The van der Waals surface area contributed by atoms with E-state index >= 15 is 0 Å². The zero-order valence-corrected chi connectivity index (χ0v) is 15.3. The van der Waals surface area contributed by atoms with Gasteiger partial charge >= 0.3 is 0 Å². The third-order valence-corrected chi connectivity index (χ3v) is 4.98. The highest BCUT2D eigenvalue weighted by Crippen LogP contribution is 2.29. The highest BCUT2D eigenvalue weighted by molar-refractivity contribution is 7.98. The van der Waals surface area contributed by atoms with Crippen LogP contribution in [0.3, 0.4) is 0 Å². The van der Waals surface area contributed by atoms with Gasteiger partial charge in [-0.15, -0.1) is 11.8 Å². The van der Waals surface area contributed by atoms with Gasteiger partial charge in [0.2, 0.25) is 0 Å². The molecule has 0 saturated carbocycles. The molecule has 0 unspecified atom stereocenters. The minimum Gasteiger partial charge on any atom is -0.441 e. The molecule has 3 aromatic rings. The van der Waals surface area contributed by atoms with Crippen molar-refractivity contribution in [2.75, 3.05) is 6.26 Å². The Kier molecular flexibility index (Phi) is 5.19. The van der Waals surface area contributed by atoms with E-state index in [4.69, 9.17) is 4.42 Å². The molecular formula is C19H23N3OS. The summed E-state index contributed by atoms with van der Waals surface area (Å²) in [7, 11) is 0. The predicted molar refractivity (Wildman–Crippen MR) is 98.2 cm³/mol. The van der Waals surface area contributed by atoms with Crippen molar-refractivity contribution in [1.82, 2.24) is 15.0 Å². The highest BCUT2D eigenvalue weighted by atomic mass is 32.2. The van der Waals surface area contributed by atoms with Crippen LogP contribution in [0.2, 0.25) is 0 Å². The van der Waals surface area contributed by atoms with E-state index in [-0.39, 0.29) is 5.41 Å². The fourth-order valence-electron chi connectivity index (χ4n) is 2.62. The lowest BCUT2D eigenvalue weighted by Crippen LogP contribution is -2.14. The van der Waals surface area contributed by atoms with E-state index < -0.39 is 0 Å². The molecule has 2 aromatic heterocycles. The first-order chi connectivity index (χ1) is 11.6. The van der Waals surface area contributed by atoms with Crippen LogP contribution in [0.4, 0.5) is 0 Å². The number of benzene rings is 1. The zero-order chi connectivity index (χ0) is 17.0. The Hall–Kier alpha value is -1.88. The van der Waals surface area contributed by atoms with Crippen LogP contribution >= 0.6 is 11.8 Å². The van der Waals surface area contributed by atoms with Crippen molar-refractivity contribution >= 4 is 22.9 Å². The van der Waals surface area contributed by atoms with Crippen LogP contribution in [0.5, 0.6) is 0 Å². The monoisotopic (exact) mass is 341 g/mol. The maximum absolute atomic E-state index is 5.81. The summed E-state index contributed by atoms with van der Waals surface area (Å²) in [6, 6.07) is 7.92. The van der Waals surface area contributed by atoms with Gasteiger partial charge in [0.05, 0.1) is 0 Å². The Morgan fingerprint density at radius 2 is 1.75 bits per heavy atom. The summed E-state index contributed by atoms with van der Waals surface area (Å²) < 4.78 is 5.81. The first-order valence-corrected chi connectivity index (χ1v) is 9.48. The number of oxazole rings is 1. The average Bonchev–Trinajstić information content (AvgIpc) is 3.02. The van der Waals surface area contributed by atoms with Crippen molar-refractivity contribution in [1.29, 1.82) is 0 Å². The largest absolute Gasteiger partial charge is 0.441 e. The lowest BCUT2D eigenvalue weighted by atomic mass is 9.83. The number of thioether (sulfide) groups is 1. The number of aromatic nitrogens is 3. The summed E-state index contributed by atoms with van der Waals surface area (Å²) in [6.45, 7) is 4.57. The fraction of sp³-hybridized carbons (Fsp3) is 0.421. The maximum Gasteiger partial charge on any atom is 0.195 e. The van der Waals surface area contributed by atoms with Crippen molar-refractivity contribution in [2.24, 2.45) is 5.41 Å². The summed E-state index contributed by atoms with van der Waals surface area (Å²) in [6.07, 6.45) is 9.67. The summed E-state index contributed by atoms with van der Waals surface area (Å²) >= 11 is 1.67. The lowest BCUT2D eigenvalue weighted by molar-refractivity contribution is 0.295. The van der Waals surface area contributed by atoms with Gasteiger partial charge in [-0.05, 0) is 36.6 Å². The molecule has 0 bridgehead atoms. The molecule has 0 aliphatic carbocycles. The Bertz CT molecular complexity index is 763. The number of rotatable bonds is 7. The SMILES string of the molecule is CSc1cnc(CCC(C)(C)CCc2nc3ccccc3o2)nc1. The van der Waals surface area contributed by atoms with Gasteiger partial charge in [0.15, 0.2) is 11.5 Å². The Morgan fingerprint density at radius 1 is 1.04 bits per heavy atom. The maximum atomic E-state index is 5.81. The van der Waals surface area contributed by atoms with E-state index in [0.29, 0.717) is 0 Å². The van der Waals surface area contributed by atoms with Gasteiger partial charge < -0.3 is 4.42 Å². The van der Waals surface area contributed by atoms with Gasteiger partial charge in [-0.1, -0.05) is 26.0 Å². The van der Waals surface area contributed by atoms with E-state index in [0.717, 1.165) is 53.4 Å². The number of fused-ring (bicyclic) bond motifs is 1. The molecule has 5 heteroatoms. The lowest BCUT2D eigenvalue weighted by Gasteiger charge is -2.23. The number of nitrogens with zero attached hydrogens (tertiary/aromatic N) is 3. The van der Waals surface area contributed by atoms with Gasteiger partial charge in [0, 0.05) is 30.1 Å². The van der Waals surface area contributed by atoms with Crippen molar-refractivity contribution in [2.45, 2.75) is 44.4 Å². The molecule has 126 valence electrons. The zero-order valence-electron chi connectivity index (χ0n) is 14.5. The predicted octanol–water partition coefficient (Wildman–Crippen LogP) is 4.93. The molecule has 2 heterocycles. The number of para-hydroxylation sites is 2. The van der Waals surface area contributed by atoms with Crippen LogP contribution in [0.25, 0.3) is 11.1 Å². The van der Waals surface area contributed by atoms with Gasteiger partial charge in [-0.25, -0.2) is 15.0 Å². The standard InChI is InChI=1S/C19H23N3OS/c1-19(2,10-8-17-20-12-14(24-3)13-21-17)11-9-18-22-15-6-4-5-7-16(15)23-18/h4-7,12-13H,8-11H2,1-3H3. The molecule has 3 rings (SSSR count). The molecule has 0 saturated heterocycles. The number of hydrogen-bond acceptors (Lipinski definition) is 5. The molecule has 0 aliphatic heterocycles. The minimum absolute atomic E-state index is 0.197. The second-order valence-electron chi connectivity index (χ2n) is 6.78. The van der Waals surface area contributed by atoms with Crippen molar-refractivity contribution in [3.63, 3.8) is 0 Å². The molecule has 0 spiro atoms. The third kappa shape index (κ3) is 4.35. The van der Waals surface area contributed by atoms with E-state index in [1.807, 2.05) is 42.9 Å². The first kappa shape index (κ1) is 17.0. The van der Waals surface area contributed by atoms with E-state index in [1.54, 1.807) is 11.8 Å². The summed E-state index contributed by atoms with van der Waals surface area (Å²) in [5, 5.41) is 0. The Morgan fingerprint density at radius 3 is 2.46 bits per heavy atom. The summed E-state index contributed by atoms with van der Waals surface area (Å²) in [4.78, 5) is 14.5. The Labute approximate surface area is 147 Å². The van der Waals surface area contributed by atoms with Crippen molar-refractivity contribution in [3.05, 3.63) is 48.4 Å². The van der Waals surface area contributed by atoms with Crippen LogP contribution in [0.15, 0.2) is 46.0 Å². The molecule has 0 radical (unpaired) electrons.